The standard InChI is InChI=1S/C16H11BrN4OS/c1-21-8-7-18-14(21)13-19-15(22)11-10(9-5-3-2-4-6-9)12(17)23-16(11)20-13/h2-8H,1H3,(H,19,20,22). The maximum atomic E-state index is 10.5. The number of hydrogen-bond donors (Lipinski definition) is 1. The molecule has 0 unspecified atom stereocenters. The van der Waals surface area contributed by atoms with E-state index in [-0.39, 0.29) is 5.88 Å². The molecule has 114 valence electrons. The molecule has 23 heavy (non-hydrogen) atoms. The highest BCUT2D eigenvalue weighted by Crippen LogP contribution is 2.44. The van der Waals surface area contributed by atoms with E-state index in [9.17, 15) is 5.11 Å². The number of aryl methyl sites for hydroxylation is 1. The van der Waals surface area contributed by atoms with Crippen LogP contribution in [-0.4, -0.2) is 24.6 Å². The summed E-state index contributed by atoms with van der Waals surface area (Å²) in [6.07, 6.45) is 3.50. The molecule has 0 aliphatic heterocycles. The number of thiophene rings is 1. The zero-order valence-electron chi connectivity index (χ0n) is 12.1. The van der Waals surface area contributed by atoms with Gasteiger partial charge in [-0.05, 0) is 21.5 Å². The zero-order chi connectivity index (χ0) is 16.0. The quantitative estimate of drug-likeness (QED) is 0.559. The summed E-state index contributed by atoms with van der Waals surface area (Å²) >= 11 is 5.06. The van der Waals surface area contributed by atoms with Crippen molar-refractivity contribution in [2.75, 3.05) is 0 Å². The van der Waals surface area contributed by atoms with E-state index in [1.807, 2.05) is 48.1 Å². The van der Waals surface area contributed by atoms with Gasteiger partial charge in [-0.2, -0.15) is 4.98 Å². The Morgan fingerprint density at radius 3 is 2.65 bits per heavy atom. The average Bonchev–Trinajstić information content (AvgIpc) is 3.11. The molecule has 0 radical (unpaired) electrons. The van der Waals surface area contributed by atoms with Gasteiger partial charge in [0.05, 0.1) is 9.17 Å². The Hall–Kier alpha value is -2.25. The van der Waals surface area contributed by atoms with Gasteiger partial charge in [-0.15, -0.1) is 11.3 Å². The molecule has 1 N–H and O–H groups in total. The molecule has 0 saturated heterocycles. The van der Waals surface area contributed by atoms with Gasteiger partial charge in [-0.25, -0.2) is 9.97 Å². The van der Waals surface area contributed by atoms with Crippen molar-refractivity contribution in [2.45, 2.75) is 0 Å². The zero-order valence-corrected chi connectivity index (χ0v) is 14.5. The fraction of sp³-hybridized carbons (Fsp3) is 0.0625. The van der Waals surface area contributed by atoms with E-state index in [0.717, 1.165) is 19.7 Å². The highest BCUT2D eigenvalue weighted by molar-refractivity contribution is 9.11. The van der Waals surface area contributed by atoms with Gasteiger partial charge in [-0.3, -0.25) is 0 Å². The topological polar surface area (TPSA) is 63.8 Å². The molecule has 7 heteroatoms. The van der Waals surface area contributed by atoms with Crippen molar-refractivity contribution >= 4 is 37.5 Å². The molecule has 1 aromatic carbocycles. The molecule has 0 amide bonds. The lowest BCUT2D eigenvalue weighted by atomic mass is 10.1. The minimum absolute atomic E-state index is 0.0335. The van der Waals surface area contributed by atoms with Gasteiger partial charge in [0.2, 0.25) is 11.7 Å². The molecule has 0 aliphatic rings. The highest BCUT2D eigenvalue weighted by Gasteiger charge is 2.20. The summed E-state index contributed by atoms with van der Waals surface area (Å²) in [5.41, 5.74) is 1.92. The fourth-order valence-corrected chi connectivity index (χ4v) is 4.31. The van der Waals surface area contributed by atoms with Crippen LogP contribution < -0.4 is 0 Å². The third-order valence-corrected chi connectivity index (χ3v) is 5.33. The second-order valence-corrected chi connectivity index (χ2v) is 7.35. The molecule has 0 atom stereocenters. The second-order valence-electron chi connectivity index (χ2n) is 5.03. The first-order valence-electron chi connectivity index (χ1n) is 6.87. The molecule has 0 spiro atoms. The predicted octanol–water partition coefficient (Wildman–Crippen LogP) is 4.23. The van der Waals surface area contributed by atoms with Gasteiger partial charge in [0.25, 0.3) is 0 Å². The highest BCUT2D eigenvalue weighted by atomic mass is 79.9. The third-order valence-electron chi connectivity index (χ3n) is 3.57. The molecule has 4 aromatic rings. The first-order valence-corrected chi connectivity index (χ1v) is 8.48. The van der Waals surface area contributed by atoms with E-state index in [0.29, 0.717) is 17.0 Å². The summed E-state index contributed by atoms with van der Waals surface area (Å²) < 4.78 is 2.74. The molecule has 0 fully saturated rings. The summed E-state index contributed by atoms with van der Waals surface area (Å²) in [6.45, 7) is 0. The van der Waals surface area contributed by atoms with Crippen molar-refractivity contribution in [3.05, 3.63) is 46.5 Å². The SMILES string of the molecule is Cn1ccnc1-c1nc(O)c2c(-c3ccccc3)c(Br)sc2n1. The number of nitrogens with zero attached hydrogens (tertiary/aromatic N) is 4. The Balaban J connectivity index is 1.99. The van der Waals surface area contributed by atoms with E-state index >= 15 is 0 Å². The normalized spacial score (nSPS) is 11.2. The smallest absolute Gasteiger partial charge is 0.224 e. The van der Waals surface area contributed by atoms with Crippen LogP contribution in [0.25, 0.3) is 33.0 Å². The van der Waals surface area contributed by atoms with Crippen molar-refractivity contribution in [3.63, 3.8) is 0 Å². The molecule has 0 saturated carbocycles. The number of fused-ring (bicyclic) bond motifs is 1. The number of halogens is 1. The van der Waals surface area contributed by atoms with E-state index < -0.39 is 0 Å². The van der Waals surface area contributed by atoms with Crippen molar-refractivity contribution in [3.8, 4) is 28.7 Å². The number of imidazole rings is 1. The Labute approximate surface area is 144 Å². The number of aromatic hydroxyl groups is 1. The summed E-state index contributed by atoms with van der Waals surface area (Å²) in [5, 5.41) is 11.2. The van der Waals surface area contributed by atoms with Gasteiger partial charge in [-0.1, -0.05) is 30.3 Å². The Morgan fingerprint density at radius 2 is 1.96 bits per heavy atom. The maximum Gasteiger partial charge on any atom is 0.224 e. The minimum atomic E-state index is -0.0335. The van der Waals surface area contributed by atoms with Crippen LogP contribution in [0, 0.1) is 0 Å². The molecule has 0 aliphatic carbocycles. The van der Waals surface area contributed by atoms with Crippen LogP contribution in [0.3, 0.4) is 0 Å². The van der Waals surface area contributed by atoms with Crippen molar-refractivity contribution in [1.29, 1.82) is 0 Å². The number of hydrogen-bond acceptors (Lipinski definition) is 5. The maximum absolute atomic E-state index is 10.5. The molecule has 0 bridgehead atoms. The van der Waals surface area contributed by atoms with Gasteiger partial charge in [0.1, 0.15) is 4.83 Å². The second kappa shape index (κ2) is 5.43. The van der Waals surface area contributed by atoms with E-state index in [2.05, 4.69) is 30.9 Å². The summed E-state index contributed by atoms with van der Waals surface area (Å²) in [6, 6.07) is 9.88. The summed E-state index contributed by atoms with van der Waals surface area (Å²) in [5.74, 6) is 0.998. The van der Waals surface area contributed by atoms with E-state index in [1.165, 1.54) is 11.3 Å². The monoisotopic (exact) mass is 386 g/mol. The Kier molecular flexibility index (Phi) is 3.39. The number of rotatable bonds is 2. The number of aromatic nitrogens is 4. The van der Waals surface area contributed by atoms with E-state index in [4.69, 9.17) is 0 Å². The average molecular weight is 387 g/mol. The van der Waals surface area contributed by atoms with Crippen LogP contribution in [0.5, 0.6) is 5.88 Å². The van der Waals surface area contributed by atoms with Crippen LogP contribution in [0.15, 0.2) is 46.5 Å². The molecular weight excluding hydrogens is 376 g/mol. The van der Waals surface area contributed by atoms with Gasteiger partial charge >= 0.3 is 0 Å². The van der Waals surface area contributed by atoms with Crippen molar-refractivity contribution in [2.24, 2.45) is 7.05 Å². The lowest BCUT2D eigenvalue weighted by Crippen LogP contribution is -1.97. The molecule has 4 rings (SSSR count). The Bertz CT molecular complexity index is 1010. The fourth-order valence-electron chi connectivity index (χ4n) is 2.50. The molecule has 5 nitrogen and oxygen atoms in total. The first-order chi connectivity index (χ1) is 11.1. The lowest BCUT2D eigenvalue weighted by molar-refractivity contribution is 0.460. The molecule has 3 heterocycles. The minimum Gasteiger partial charge on any atom is -0.493 e. The van der Waals surface area contributed by atoms with Crippen molar-refractivity contribution in [1.82, 2.24) is 19.5 Å². The molecule has 3 aromatic heterocycles. The summed E-state index contributed by atoms with van der Waals surface area (Å²) in [4.78, 5) is 13.8. The third kappa shape index (κ3) is 2.32. The Morgan fingerprint density at radius 1 is 1.17 bits per heavy atom. The predicted molar refractivity (Wildman–Crippen MR) is 94.4 cm³/mol. The van der Waals surface area contributed by atoms with Gasteiger partial charge < -0.3 is 9.67 Å². The van der Waals surface area contributed by atoms with Crippen LogP contribution in [0.4, 0.5) is 0 Å². The van der Waals surface area contributed by atoms with Crippen molar-refractivity contribution < 1.29 is 5.11 Å². The summed E-state index contributed by atoms with van der Waals surface area (Å²) in [7, 11) is 1.87. The van der Waals surface area contributed by atoms with Crippen LogP contribution in [0.2, 0.25) is 0 Å². The first kappa shape index (κ1) is 14.3. The van der Waals surface area contributed by atoms with E-state index in [1.54, 1.807) is 6.20 Å². The van der Waals surface area contributed by atoms with Crippen LogP contribution >= 0.6 is 27.3 Å². The van der Waals surface area contributed by atoms with Gasteiger partial charge in [0.15, 0.2) is 5.82 Å². The van der Waals surface area contributed by atoms with Crippen LogP contribution in [-0.2, 0) is 7.05 Å². The van der Waals surface area contributed by atoms with Crippen LogP contribution in [0.1, 0.15) is 0 Å². The number of benzene rings is 1. The molecular formula is C16H11BrN4OS. The van der Waals surface area contributed by atoms with Gasteiger partial charge in [0, 0.05) is 25.0 Å². The lowest BCUT2D eigenvalue weighted by Gasteiger charge is -2.04. The largest absolute Gasteiger partial charge is 0.493 e.